The zero-order valence-corrected chi connectivity index (χ0v) is 18.0. The van der Waals surface area contributed by atoms with Gasteiger partial charge in [0.25, 0.3) is 5.91 Å². The summed E-state index contributed by atoms with van der Waals surface area (Å²) in [5.41, 5.74) is 5.47. The summed E-state index contributed by atoms with van der Waals surface area (Å²) in [7, 11) is 0. The van der Waals surface area contributed by atoms with Gasteiger partial charge in [-0.1, -0.05) is 46.3 Å². The summed E-state index contributed by atoms with van der Waals surface area (Å²) in [6, 6.07) is 23.2. The van der Waals surface area contributed by atoms with E-state index in [0.29, 0.717) is 5.56 Å². The molecule has 4 nitrogen and oxygen atoms in total. The van der Waals surface area contributed by atoms with E-state index >= 15 is 0 Å². The molecule has 3 aromatic carbocycles. The Labute approximate surface area is 181 Å². The van der Waals surface area contributed by atoms with Gasteiger partial charge in [0, 0.05) is 32.4 Å². The van der Waals surface area contributed by atoms with Crippen molar-refractivity contribution in [1.29, 1.82) is 0 Å². The van der Waals surface area contributed by atoms with Crippen molar-refractivity contribution in [2.24, 2.45) is 0 Å². The maximum Gasteiger partial charge on any atom is 0.255 e. The van der Waals surface area contributed by atoms with Gasteiger partial charge in [0.15, 0.2) is 5.13 Å². The van der Waals surface area contributed by atoms with Gasteiger partial charge in [-0.25, -0.2) is 4.98 Å². The van der Waals surface area contributed by atoms with E-state index in [-0.39, 0.29) is 5.91 Å². The van der Waals surface area contributed by atoms with Crippen molar-refractivity contribution >= 4 is 49.7 Å². The first-order chi connectivity index (χ1) is 14.1. The molecule has 1 amide bonds. The van der Waals surface area contributed by atoms with Crippen LogP contribution in [-0.2, 0) is 0 Å². The topological polar surface area (TPSA) is 54.0 Å². The Morgan fingerprint density at radius 3 is 2.52 bits per heavy atom. The van der Waals surface area contributed by atoms with E-state index in [0.717, 1.165) is 32.2 Å². The minimum Gasteiger partial charge on any atom is -0.332 e. The normalized spacial score (nSPS) is 10.6. The molecule has 0 bridgehead atoms. The van der Waals surface area contributed by atoms with Gasteiger partial charge in [0.05, 0.1) is 5.69 Å². The monoisotopic (exact) mass is 463 g/mol. The molecule has 0 atom stereocenters. The van der Waals surface area contributed by atoms with Crippen molar-refractivity contribution in [1.82, 2.24) is 4.98 Å². The third-order valence-electron chi connectivity index (χ3n) is 4.30. The van der Waals surface area contributed by atoms with E-state index in [1.807, 2.05) is 53.9 Å². The quantitative estimate of drug-likeness (QED) is 0.339. The smallest absolute Gasteiger partial charge is 0.255 e. The molecule has 0 unspecified atom stereocenters. The molecule has 0 aliphatic rings. The number of benzene rings is 3. The van der Waals surface area contributed by atoms with Crippen molar-refractivity contribution in [2.45, 2.75) is 6.92 Å². The number of hydrogen-bond acceptors (Lipinski definition) is 4. The minimum atomic E-state index is -0.141. The lowest BCUT2D eigenvalue weighted by molar-refractivity contribution is 0.102. The Hall–Kier alpha value is -2.96. The van der Waals surface area contributed by atoms with Gasteiger partial charge in [-0.3, -0.25) is 4.79 Å². The first kappa shape index (κ1) is 19.4. The summed E-state index contributed by atoms with van der Waals surface area (Å²) in [5, 5.41) is 9.13. The van der Waals surface area contributed by atoms with Crippen LogP contribution in [0.3, 0.4) is 0 Å². The van der Waals surface area contributed by atoms with Crippen molar-refractivity contribution in [2.75, 3.05) is 10.6 Å². The maximum atomic E-state index is 12.4. The van der Waals surface area contributed by atoms with Gasteiger partial charge in [-0.2, -0.15) is 0 Å². The Morgan fingerprint density at radius 1 is 0.966 bits per heavy atom. The molecule has 6 heteroatoms. The lowest BCUT2D eigenvalue weighted by atomic mass is 10.1. The van der Waals surface area contributed by atoms with E-state index in [4.69, 9.17) is 0 Å². The van der Waals surface area contributed by atoms with E-state index < -0.39 is 0 Å². The zero-order chi connectivity index (χ0) is 20.2. The number of carbonyl (C=O) groups excluding carboxylic acids is 1. The molecule has 0 spiro atoms. The number of hydrogen-bond donors (Lipinski definition) is 2. The summed E-state index contributed by atoms with van der Waals surface area (Å²) in [5.74, 6) is -0.141. The van der Waals surface area contributed by atoms with Gasteiger partial charge in [0.2, 0.25) is 0 Å². The SMILES string of the molecule is Cc1cccc(Nc2nc(-c3ccc(NC(=O)c4cccc(Br)c4)cc3)cs2)c1. The van der Waals surface area contributed by atoms with E-state index in [9.17, 15) is 4.79 Å². The van der Waals surface area contributed by atoms with Gasteiger partial charge >= 0.3 is 0 Å². The fraction of sp³-hybridized carbons (Fsp3) is 0.0435. The highest BCUT2D eigenvalue weighted by atomic mass is 79.9. The first-order valence-electron chi connectivity index (χ1n) is 9.03. The number of rotatable bonds is 5. The van der Waals surface area contributed by atoms with Crippen molar-refractivity contribution in [3.05, 3.63) is 93.8 Å². The van der Waals surface area contributed by atoms with Crippen LogP contribution < -0.4 is 10.6 Å². The van der Waals surface area contributed by atoms with E-state index in [1.165, 1.54) is 5.56 Å². The highest BCUT2D eigenvalue weighted by Crippen LogP contribution is 2.28. The summed E-state index contributed by atoms with van der Waals surface area (Å²) in [6.45, 7) is 2.06. The van der Waals surface area contributed by atoms with Gasteiger partial charge < -0.3 is 10.6 Å². The number of anilines is 3. The molecule has 144 valence electrons. The second-order valence-corrected chi connectivity index (χ2v) is 8.35. The number of halogens is 1. The Morgan fingerprint density at radius 2 is 1.76 bits per heavy atom. The fourth-order valence-corrected chi connectivity index (χ4v) is 4.01. The fourth-order valence-electron chi connectivity index (χ4n) is 2.87. The predicted molar refractivity (Wildman–Crippen MR) is 124 cm³/mol. The standard InChI is InChI=1S/C23H18BrN3OS/c1-15-4-2-7-20(12-15)26-23-27-21(14-29-23)16-8-10-19(11-9-16)25-22(28)17-5-3-6-18(24)13-17/h2-14H,1H3,(H,25,28)(H,26,27). The van der Waals surface area contributed by atoms with Gasteiger partial charge in [-0.05, 0) is 55.0 Å². The molecule has 4 aromatic rings. The van der Waals surface area contributed by atoms with Crippen LogP contribution >= 0.6 is 27.3 Å². The van der Waals surface area contributed by atoms with Crippen LogP contribution in [0.5, 0.6) is 0 Å². The molecule has 1 heterocycles. The molecule has 0 saturated heterocycles. The molecule has 4 rings (SSSR count). The lowest BCUT2D eigenvalue weighted by Crippen LogP contribution is -2.11. The Bertz CT molecular complexity index is 1150. The summed E-state index contributed by atoms with van der Waals surface area (Å²) >= 11 is 4.95. The second kappa shape index (κ2) is 8.59. The van der Waals surface area contributed by atoms with Crippen LogP contribution in [0.4, 0.5) is 16.5 Å². The summed E-state index contributed by atoms with van der Waals surface area (Å²) in [6.07, 6.45) is 0. The Kier molecular flexibility index (Phi) is 5.74. The van der Waals surface area contributed by atoms with Crippen molar-refractivity contribution in [3.8, 4) is 11.3 Å². The minimum absolute atomic E-state index is 0.141. The van der Waals surface area contributed by atoms with Crippen LogP contribution in [0.15, 0.2) is 82.6 Å². The van der Waals surface area contributed by atoms with Crippen LogP contribution in [0.2, 0.25) is 0 Å². The Balaban J connectivity index is 1.44. The third-order valence-corrected chi connectivity index (χ3v) is 5.55. The molecule has 1 aromatic heterocycles. The number of aryl methyl sites for hydroxylation is 1. The first-order valence-corrected chi connectivity index (χ1v) is 10.7. The lowest BCUT2D eigenvalue weighted by Gasteiger charge is -2.06. The second-order valence-electron chi connectivity index (χ2n) is 6.57. The van der Waals surface area contributed by atoms with Crippen LogP contribution in [-0.4, -0.2) is 10.9 Å². The number of thiazole rings is 1. The van der Waals surface area contributed by atoms with Crippen molar-refractivity contribution in [3.63, 3.8) is 0 Å². The highest BCUT2D eigenvalue weighted by molar-refractivity contribution is 9.10. The average molecular weight is 464 g/mol. The molecular formula is C23H18BrN3OS. The van der Waals surface area contributed by atoms with Gasteiger partial charge in [-0.15, -0.1) is 11.3 Å². The maximum absolute atomic E-state index is 12.4. The summed E-state index contributed by atoms with van der Waals surface area (Å²) < 4.78 is 0.874. The molecule has 0 aliphatic carbocycles. The third kappa shape index (κ3) is 4.91. The summed E-state index contributed by atoms with van der Waals surface area (Å²) in [4.78, 5) is 17.0. The number of aromatic nitrogens is 1. The molecule has 0 aliphatic heterocycles. The molecule has 0 radical (unpaired) electrons. The van der Waals surface area contributed by atoms with E-state index in [1.54, 1.807) is 23.5 Å². The molecular weight excluding hydrogens is 446 g/mol. The number of amides is 1. The molecule has 29 heavy (non-hydrogen) atoms. The highest BCUT2D eigenvalue weighted by Gasteiger charge is 2.08. The zero-order valence-electron chi connectivity index (χ0n) is 15.6. The number of nitrogens with zero attached hydrogens (tertiary/aromatic N) is 1. The molecule has 0 saturated carbocycles. The molecule has 0 fully saturated rings. The van der Waals surface area contributed by atoms with E-state index in [2.05, 4.69) is 50.6 Å². The van der Waals surface area contributed by atoms with Crippen LogP contribution in [0, 0.1) is 6.92 Å². The number of nitrogens with one attached hydrogen (secondary N) is 2. The van der Waals surface area contributed by atoms with Crippen LogP contribution in [0.1, 0.15) is 15.9 Å². The van der Waals surface area contributed by atoms with Crippen molar-refractivity contribution < 1.29 is 4.79 Å². The largest absolute Gasteiger partial charge is 0.332 e. The predicted octanol–water partition coefficient (Wildman–Crippen LogP) is 6.88. The molecule has 2 N–H and O–H groups in total. The van der Waals surface area contributed by atoms with Crippen LogP contribution in [0.25, 0.3) is 11.3 Å². The average Bonchev–Trinajstić information content (AvgIpc) is 3.17. The van der Waals surface area contributed by atoms with Gasteiger partial charge in [0.1, 0.15) is 0 Å². The number of carbonyl (C=O) groups is 1.